The smallest absolute Gasteiger partial charge is 0.146 e. The number of benzene rings is 1. The summed E-state index contributed by atoms with van der Waals surface area (Å²) in [6.45, 7) is 0. The van der Waals surface area contributed by atoms with Gasteiger partial charge in [-0.1, -0.05) is 46.3 Å². The molecule has 4 heteroatoms. The number of nitrogens with zero attached hydrogens (tertiary/aromatic N) is 3. The van der Waals surface area contributed by atoms with E-state index in [0.29, 0.717) is 0 Å². The summed E-state index contributed by atoms with van der Waals surface area (Å²) >= 11 is 3.52. The third-order valence-electron chi connectivity index (χ3n) is 4.73. The Morgan fingerprint density at radius 3 is 2.65 bits per heavy atom. The van der Waals surface area contributed by atoms with Crippen LogP contribution in [0.5, 0.6) is 0 Å². The van der Waals surface area contributed by atoms with Crippen LogP contribution in [0.1, 0.15) is 18.5 Å². The van der Waals surface area contributed by atoms with Gasteiger partial charge in [-0.05, 0) is 54.8 Å². The second kappa shape index (κ2) is 6.22. The van der Waals surface area contributed by atoms with Crippen LogP contribution in [-0.4, -0.2) is 14.4 Å². The van der Waals surface area contributed by atoms with Crippen molar-refractivity contribution in [3.05, 3.63) is 83.1 Å². The molecule has 1 aromatic carbocycles. The summed E-state index contributed by atoms with van der Waals surface area (Å²) < 4.78 is 3.24. The monoisotopic (exact) mass is 401 g/mol. The van der Waals surface area contributed by atoms with Crippen molar-refractivity contribution in [2.75, 3.05) is 0 Å². The maximum atomic E-state index is 5.05. The minimum atomic E-state index is 0.923. The molecule has 26 heavy (non-hydrogen) atoms. The number of hydrogen-bond acceptors (Lipinski definition) is 2. The predicted molar refractivity (Wildman–Crippen MR) is 110 cm³/mol. The molecule has 0 aliphatic heterocycles. The fourth-order valence-corrected chi connectivity index (χ4v) is 3.75. The van der Waals surface area contributed by atoms with E-state index < -0.39 is 0 Å². The Kier molecular flexibility index (Phi) is 3.71. The van der Waals surface area contributed by atoms with E-state index >= 15 is 0 Å². The summed E-state index contributed by atoms with van der Waals surface area (Å²) in [6, 6.07) is 16.6. The number of pyridine rings is 2. The molecule has 0 fully saturated rings. The van der Waals surface area contributed by atoms with Crippen LogP contribution >= 0.6 is 15.9 Å². The van der Waals surface area contributed by atoms with E-state index in [4.69, 9.17) is 4.98 Å². The fourth-order valence-electron chi connectivity index (χ4n) is 3.49. The molecule has 3 aromatic heterocycles. The minimum Gasteiger partial charge on any atom is -0.276 e. The van der Waals surface area contributed by atoms with Gasteiger partial charge in [0.05, 0.1) is 11.2 Å². The largest absolute Gasteiger partial charge is 0.276 e. The Labute approximate surface area is 159 Å². The fraction of sp³-hybridized carbons (Fsp3) is 0.0909. The van der Waals surface area contributed by atoms with Crippen molar-refractivity contribution in [3.63, 3.8) is 0 Å². The van der Waals surface area contributed by atoms with Crippen molar-refractivity contribution in [3.8, 4) is 11.4 Å². The Bertz CT molecular complexity index is 1180. The molecular weight excluding hydrogens is 386 g/mol. The first-order valence-corrected chi connectivity index (χ1v) is 9.50. The normalized spacial score (nSPS) is 14.1. The lowest BCUT2D eigenvalue weighted by Crippen LogP contribution is -1.94. The van der Waals surface area contributed by atoms with E-state index in [1.165, 1.54) is 5.57 Å². The minimum absolute atomic E-state index is 0.923. The van der Waals surface area contributed by atoms with Crippen molar-refractivity contribution in [2.45, 2.75) is 12.8 Å². The van der Waals surface area contributed by atoms with Crippen molar-refractivity contribution in [1.82, 2.24) is 14.4 Å². The summed E-state index contributed by atoms with van der Waals surface area (Å²) in [5.74, 6) is 0.923. The van der Waals surface area contributed by atoms with Gasteiger partial charge in [0.15, 0.2) is 0 Å². The van der Waals surface area contributed by atoms with Crippen LogP contribution in [0.4, 0.5) is 0 Å². The van der Waals surface area contributed by atoms with Crippen LogP contribution in [0, 0.1) is 0 Å². The van der Waals surface area contributed by atoms with Gasteiger partial charge in [0.2, 0.25) is 0 Å². The zero-order valence-electron chi connectivity index (χ0n) is 14.1. The molecule has 0 amide bonds. The van der Waals surface area contributed by atoms with E-state index in [1.54, 1.807) is 0 Å². The lowest BCUT2D eigenvalue weighted by molar-refractivity contribution is 1.04. The Morgan fingerprint density at radius 1 is 0.962 bits per heavy atom. The molecule has 0 bridgehead atoms. The number of rotatable bonds is 2. The highest BCUT2D eigenvalue weighted by Crippen LogP contribution is 2.32. The lowest BCUT2D eigenvalue weighted by atomic mass is 10.0. The van der Waals surface area contributed by atoms with Crippen LogP contribution in [0.15, 0.2) is 77.4 Å². The lowest BCUT2D eigenvalue weighted by Gasteiger charge is -2.06. The van der Waals surface area contributed by atoms with E-state index in [-0.39, 0.29) is 0 Å². The Hall–Kier alpha value is -2.72. The molecule has 0 atom stereocenters. The topological polar surface area (TPSA) is 30.2 Å². The van der Waals surface area contributed by atoms with Crippen LogP contribution in [0.25, 0.3) is 33.5 Å². The molecule has 126 valence electrons. The van der Waals surface area contributed by atoms with E-state index in [9.17, 15) is 0 Å². The molecule has 0 saturated heterocycles. The first kappa shape index (κ1) is 15.5. The van der Waals surface area contributed by atoms with E-state index in [1.807, 2.05) is 12.3 Å². The number of fused-ring (bicyclic) bond motifs is 3. The molecule has 0 N–H and O–H groups in total. The number of aromatic nitrogens is 3. The number of halogens is 1. The van der Waals surface area contributed by atoms with Crippen molar-refractivity contribution in [2.24, 2.45) is 0 Å². The van der Waals surface area contributed by atoms with Gasteiger partial charge in [-0.3, -0.25) is 4.40 Å². The summed E-state index contributed by atoms with van der Waals surface area (Å²) in [7, 11) is 0. The van der Waals surface area contributed by atoms with Gasteiger partial charge in [-0.25, -0.2) is 9.97 Å². The molecule has 1 aliphatic rings. The van der Waals surface area contributed by atoms with Gasteiger partial charge in [-0.2, -0.15) is 0 Å². The maximum absolute atomic E-state index is 5.05. The summed E-state index contributed by atoms with van der Waals surface area (Å²) in [4.78, 5) is 9.70. The number of hydrogen-bond donors (Lipinski definition) is 0. The molecule has 4 aromatic rings. The SMILES string of the molecule is Brc1ccc(-c2nc(C3=CCCC=C3)c3ccc4cccnc4n23)cc1. The zero-order chi connectivity index (χ0) is 17.5. The maximum Gasteiger partial charge on any atom is 0.146 e. The van der Waals surface area contributed by atoms with Crippen molar-refractivity contribution < 1.29 is 0 Å². The highest BCUT2D eigenvalue weighted by Gasteiger charge is 2.17. The number of allylic oxidation sites excluding steroid dienone is 4. The van der Waals surface area contributed by atoms with E-state index in [0.717, 1.165) is 50.9 Å². The second-order valence-corrected chi connectivity index (χ2v) is 7.32. The van der Waals surface area contributed by atoms with Crippen LogP contribution in [0.2, 0.25) is 0 Å². The van der Waals surface area contributed by atoms with Gasteiger partial charge < -0.3 is 0 Å². The van der Waals surface area contributed by atoms with Crippen LogP contribution in [0.3, 0.4) is 0 Å². The standard InChI is InChI=1S/C22H16BrN3/c23-18-11-8-17(9-12-18)22-25-20(15-5-2-1-3-6-15)19-13-10-16-7-4-14-24-21(16)26(19)22/h2,4-14H,1,3H2. The third kappa shape index (κ3) is 2.49. The molecule has 0 unspecified atom stereocenters. The van der Waals surface area contributed by atoms with Crippen molar-refractivity contribution >= 4 is 38.1 Å². The van der Waals surface area contributed by atoms with E-state index in [2.05, 4.69) is 86.0 Å². The highest BCUT2D eigenvalue weighted by atomic mass is 79.9. The first-order chi connectivity index (χ1) is 12.8. The van der Waals surface area contributed by atoms with Gasteiger partial charge in [0.25, 0.3) is 0 Å². The van der Waals surface area contributed by atoms with Crippen LogP contribution < -0.4 is 0 Å². The molecule has 3 nitrogen and oxygen atoms in total. The summed E-state index contributed by atoms with van der Waals surface area (Å²) in [6.07, 6.45) is 10.7. The quantitative estimate of drug-likeness (QED) is 0.409. The van der Waals surface area contributed by atoms with Crippen LogP contribution in [-0.2, 0) is 0 Å². The molecule has 1 aliphatic carbocycles. The Morgan fingerprint density at radius 2 is 1.85 bits per heavy atom. The predicted octanol–water partition coefficient (Wildman–Crippen LogP) is 6.05. The third-order valence-corrected chi connectivity index (χ3v) is 5.26. The molecule has 0 saturated carbocycles. The second-order valence-electron chi connectivity index (χ2n) is 6.40. The molecule has 0 spiro atoms. The Balaban J connectivity index is 1.87. The van der Waals surface area contributed by atoms with Crippen molar-refractivity contribution in [1.29, 1.82) is 0 Å². The summed E-state index contributed by atoms with van der Waals surface area (Å²) in [5.41, 5.74) is 5.31. The average Bonchev–Trinajstić information content (AvgIpc) is 3.09. The molecular formula is C22H16BrN3. The highest BCUT2D eigenvalue weighted by molar-refractivity contribution is 9.10. The van der Waals surface area contributed by atoms with Gasteiger partial charge in [0.1, 0.15) is 11.5 Å². The van der Waals surface area contributed by atoms with Gasteiger partial charge in [0, 0.05) is 21.6 Å². The summed E-state index contributed by atoms with van der Waals surface area (Å²) in [5, 5.41) is 1.11. The number of imidazole rings is 1. The molecule has 3 heterocycles. The van der Waals surface area contributed by atoms with Gasteiger partial charge >= 0.3 is 0 Å². The molecule has 0 radical (unpaired) electrons. The first-order valence-electron chi connectivity index (χ1n) is 8.70. The average molecular weight is 402 g/mol. The van der Waals surface area contributed by atoms with Gasteiger partial charge in [-0.15, -0.1) is 0 Å². The zero-order valence-corrected chi connectivity index (χ0v) is 15.6. The molecule has 5 rings (SSSR count).